The van der Waals surface area contributed by atoms with Gasteiger partial charge in [0.1, 0.15) is 0 Å². The minimum Gasteiger partial charge on any atom is -0.361 e. The number of rotatable bonds is 5. The van der Waals surface area contributed by atoms with Crippen LogP contribution in [-0.4, -0.2) is 35.3 Å². The van der Waals surface area contributed by atoms with Crippen LogP contribution in [0.25, 0.3) is 10.9 Å². The number of aromatic amines is 1. The van der Waals surface area contributed by atoms with Crippen molar-refractivity contribution in [2.75, 3.05) is 13.6 Å². The smallest absolute Gasteiger partial charge is 0.251 e. The number of carbonyl (C=O) groups excluding carboxylic acids is 2. The first-order valence-corrected chi connectivity index (χ1v) is 7.77. The van der Waals surface area contributed by atoms with Crippen LogP contribution < -0.4 is 5.32 Å². The lowest BCUT2D eigenvalue weighted by molar-refractivity contribution is -0.129. The lowest BCUT2D eigenvalue weighted by Crippen LogP contribution is -2.37. The van der Waals surface area contributed by atoms with Crippen molar-refractivity contribution in [3.63, 3.8) is 0 Å². The van der Waals surface area contributed by atoms with E-state index in [2.05, 4.69) is 10.3 Å². The molecule has 0 spiro atoms. The second-order valence-electron chi connectivity index (χ2n) is 5.66. The Morgan fingerprint density at radius 1 is 1.04 bits per heavy atom. The number of para-hydroxylation sites is 1. The minimum atomic E-state index is -0.246. The standard InChI is InChI=1S/C19H19N3O2/c1-22(13-15-11-20-17-10-6-5-9-16(15)17)18(23)12-21-19(24)14-7-3-2-4-8-14/h2-11,20H,12-13H2,1H3,(H,21,24). The molecule has 0 atom stereocenters. The molecule has 24 heavy (non-hydrogen) atoms. The Labute approximate surface area is 140 Å². The number of amides is 2. The highest BCUT2D eigenvalue weighted by Crippen LogP contribution is 2.18. The molecule has 3 aromatic rings. The number of fused-ring (bicyclic) bond motifs is 1. The van der Waals surface area contributed by atoms with E-state index in [1.54, 1.807) is 36.2 Å². The van der Waals surface area contributed by atoms with E-state index >= 15 is 0 Å². The van der Waals surface area contributed by atoms with E-state index in [0.29, 0.717) is 12.1 Å². The van der Waals surface area contributed by atoms with E-state index in [-0.39, 0.29) is 18.4 Å². The van der Waals surface area contributed by atoms with Crippen LogP contribution in [0, 0.1) is 0 Å². The number of nitrogens with one attached hydrogen (secondary N) is 2. The molecule has 0 saturated carbocycles. The minimum absolute atomic E-state index is 0.0212. The molecule has 0 aliphatic heterocycles. The molecule has 0 radical (unpaired) electrons. The first-order chi connectivity index (χ1) is 11.6. The summed E-state index contributed by atoms with van der Waals surface area (Å²) in [7, 11) is 1.73. The van der Waals surface area contributed by atoms with Gasteiger partial charge in [-0.15, -0.1) is 0 Å². The summed E-state index contributed by atoms with van der Waals surface area (Å²) in [5, 5.41) is 3.76. The molecule has 1 aromatic heterocycles. The van der Waals surface area contributed by atoms with Crippen molar-refractivity contribution < 1.29 is 9.59 Å². The second-order valence-corrected chi connectivity index (χ2v) is 5.66. The van der Waals surface area contributed by atoms with Crippen LogP contribution in [0.2, 0.25) is 0 Å². The zero-order valence-electron chi connectivity index (χ0n) is 13.5. The number of carbonyl (C=O) groups is 2. The van der Waals surface area contributed by atoms with Gasteiger partial charge in [-0.25, -0.2) is 0 Å². The van der Waals surface area contributed by atoms with Gasteiger partial charge in [0.15, 0.2) is 0 Å². The average Bonchev–Trinajstić information content (AvgIpc) is 3.03. The summed E-state index contributed by atoms with van der Waals surface area (Å²) in [6.07, 6.45) is 1.91. The highest BCUT2D eigenvalue weighted by atomic mass is 16.2. The van der Waals surface area contributed by atoms with Crippen molar-refractivity contribution in [3.8, 4) is 0 Å². The molecule has 0 saturated heterocycles. The Kier molecular flexibility index (Phi) is 4.61. The van der Waals surface area contributed by atoms with Gasteiger partial charge in [-0.3, -0.25) is 9.59 Å². The molecular weight excluding hydrogens is 302 g/mol. The third-order valence-corrected chi connectivity index (χ3v) is 3.94. The zero-order valence-corrected chi connectivity index (χ0v) is 13.5. The van der Waals surface area contributed by atoms with Gasteiger partial charge in [-0.2, -0.15) is 0 Å². The van der Waals surface area contributed by atoms with E-state index in [9.17, 15) is 9.59 Å². The molecule has 122 valence electrons. The summed E-state index contributed by atoms with van der Waals surface area (Å²) < 4.78 is 0. The molecule has 3 rings (SSSR count). The maximum absolute atomic E-state index is 12.2. The van der Waals surface area contributed by atoms with Gasteiger partial charge in [0.2, 0.25) is 5.91 Å². The summed E-state index contributed by atoms with van der Waals surface area (Å²) in [4.78, 5) is 29.0. The summed E-state index contributed by atoms with van der Waals surface area (Å²) in [5.41, 5.74) is 2.64. The number of hydrogen-bond acceptors (Lipinski definition) is 2. The van der Waals surface area contributed by atoms with E-state index in [0.717, 1.165) is 16.5 Å². The third-order valence-electron chi connectivity index (χ3n) is 3.94. The molecule has 0 fully saturated rings. The Morgan fingerprint density at radius 3 is 2.54 bits per heavy atom. The van der Waals surface area contributed by atoms with E-state index < -0.39 is 0 Å². The van der Waals surface area contributed by atoms with Gasteiger partial charge in [0.05, 0.1) is 6.54 Å². The molecule has 0 unspecified atom stereocenters. The molecule has 1 heterocycles. The fourth-order valence-electron chi connectivity index (χ4n) is 2.59. The van der Waals surface area contributed by atoms with E-state index in [4.69, 9.17) is 0 Å². The normalized spacial score (nSPS) is 10.5. The predicted octanol–water partition coefficient (Wildman–Crippen LogP) is 2.56. The molecule has 0 aliphatic carbocycles. The quantitative estimate of drug-likeness (QED) is 0.758. The first kappa shape index (κ1) is 15.8. The van der Waals surface area contributed by atoms with Crippen molar-refractivity contribution in [2.24, 2.45) is 0 Å². The topological polar surface area (TPSA) is 65.2 Å². The van der Waals surface area contributed by atoms with Crippen LogP contribution in [-0.2, 0) is 11.3 Å². The summed E-state index contributed by atoms with van der Waals surface area (Å²) in [6.45, 7) is 0.469. The summed E-state index contributed by atoms with van der Waals surface area (Å²) in [5.74, 6) is -0.381. The van der Waals surface area contributed by atoms with Gasteiger partial charge in [0, 0.05) is 36.3 Å². The van der Waals surface area contributed by atoms with Gasteiger partial charge in [-0.1, -0.05) is 36.4 Å². The predicted molar refractivity (Wildman–Crippen MR) is 93.5 cm³/mol. The maximum Gasteiger partial charge on any atom is 0.251 e. The number of hydrogen-bond donors (Lipinski definition) is 2. The van der Waals surface area contributed by atoms with E-state index in [1.807, 2.05) is 36.5 Å². The summed E-state index contributed by atoms with van der Waals surface area (Å²) >= 11 is 0. The van der Waals surface area contributed by atoms with Gasteiger partial charge in [-0.05, 0) is 23.8 Å². The molecule has 2 amide bonds. The number of nitrogens with zero attached hydrogens (tertiary/aromatic N) is 1. The SMILES string of the molecule is CN(Cc1c[nH]c2ccccc12)C(=O)CNC(=O)c1ccccc1. The van der Waals surface area contributed by atoms with Crippen LogP contribution in [0.15, 0.2) is 60.8 Å². The maximum atomic E-state index is 12.2. The fourth-order valence-corrected chi connectivity index (χ4v) is 2.59. The van der Waals surface area contributed by atoms with Crippen molar-refractivity contribution in [3.05, 3.63) is 71.9 Å². The Hall–Kier alpha value is -3.08. The Balaban J connectivity index is 1.58. The van der Waals surface area contributed by atoms with Crippen LogP contribution in [0.5, 0.6) is 0 Å². The van der Waals surface area contributed by atoms with Gasteiger partial charge in [0.25, 0.3) is 5.91 Å². The number of likely N-dealkylation sites (N-methyl/N-ethyl adjacent to an activating group) is 1. The van der Waals surface area contributed by atoms with Crippen LogP contribution >= 0.6 is 0 Å². The molecular formula is C19H19N3O2. The monoisotopic (exact) mass is 321 g/mol. The van der Waals surface area contributed by atoms with E-state index in [1.165, 1.54) is 0 Å². The van der Waals surface area contributed by atoms with Crippen LogP contribution in [0.1, 0.15) is 15.9 Å². The summed E-state index contributed by atoms with van der Waals surface area (Å²) in [6, 6.07) is 16.8. The van der Waals surface area contributed by atoms with Crippen LogP contribution in [0.4, 0.5) is 0 Å². The van der Waals surface area contributed by atoms with Crippen LogP contribution in [0.3, 0.4) is 0 Å². The first-order valence-electron chi connectivity index (χ1n) is 7.77. The zero-order chi connectivity index (χ0) is 16.9. The Morgan fingerprint density at radius 2 is 1.75 bits per heavy atom. The van der Waals surface area contributed by atoms with Crippen molar-refractivity contribution in [1.82, 2.24) is 15.2 Å². The molecule has 5 nitrogen and oxygen atoms in total. The molecule has 0 aliphatic rings. The molecule has 5 heteroatoms. The fraction of sp³-hybridized carbons (Fsp3) is 0.158. The average molecular weight is 321 g/mol. The van der Waals surface area contributed by atoms with Crippen molar-refractivity contribution in [2.45, 2.75) is 6.54 Å². The molecule has 2 N–H and O–H groups in total. The molecule has 2 aromatic carbocycles. The number of benzene rings is 2. The number of H-pyrrole nitrogens is 1. The largest absolute Gasteiger partial charge is 0.361 e. The highest BCUT2D eigenvalue weighted by Gasteiger charge is 2.13. The van der Waals surface area contributed by atoms with Gasteiger partial charge < -0.3 is 15.2 Å². The lowest BCUT2D eigenvalue weighted by atomic mass is 10.1. The number of aromatic nitrogens is 1. The Bertz CT molecular complexity index is 855. The molecule has 0 bridgehead atoms. The van der Waals surface area contributed by atoms with Gasteiger partial charge >= 0.3 is 0 Å². The second kappa shape index (κ2) is 7.00. The van der Waals surface area contributed by atoms with Crippen molar-refractivity contribution in [1.29, 1.82) is 0 Å². The van der Waals surface area contributed by atoms with Crippen molar-refractivity contribution >= 4 is 22.7 Å². The third kappa shape index (κ3) is 3.46. The highest BCUT2D eigenvalue weighted by molar-refractivity contribution is 5.96. The lowest BCUT2D eigenvalue weighted by Gasteiger charge is -2.17.